The molecule has 0 spiro atoms. The highest BCUT2D eigenvalue weighted by atomic mass is 16.4. The molecule has 5 heteroatoms. The molecule has 2 N–H and O–H groups in total. The van der Waals surface area contributed by atoms with Gasteiger partial charge in [-0.2, -0.15) is 10.4 Å². The lowest BCUT2D eigenvalue weighted by molar-refractivity contribution is 0.0697. The number of hydrogen-bond donors (Lipinski definition) is 2. The molecule has 0 aromatic heterocycles. The van der Waals surface area contributed by atoms with Gasteiger partial charge in [0.05, 0.1) is 11.3 Å². The van der Waals surface area contributed by atoms with Crippen LogP contribution in [0.4, 0.5) is 5.69 Å². The first-order valence-electron chi connectivity index (χ1n) is 3.74. The van der Waals surface area contributed by atoms with Gasteiger partial charge in [0.1, 0.15) is 12.3 Å². The van der Waals surface area contributed by atoms with Crippen LogP contribution in [-0.4, -0.2) is 17.3 Å². The van der Waals surface area contributed by atoms with E-state index < -0.39 is 5.97 Å². The summed E-state index contributed by atoms with van der Waals surface area (Å²) in [7, 11) is 0. The van der Waals surface area contributed by atoms with E-state index >= 15 is 0 Å². The Kier molecular flexibility index (Phi) is 3.21. The topological polar surface area (TPSA) is 85.5 Å². The van der Waals surface area contributed by atoms with Crippen molar-refractivity contribution in [2.45, 2.75) is 0 Å². The van der Waals surface area contributed by atoms with E-state index in [0.29, 0.717) is 5.69 Å². The molecule has 0 aliphatic carbocycles. The van der Waals surface area contributed by atoms with Gasteiger partial charge in [-0.25, -0.2) is 4.79 Å². The lowest BCUT2D eigenvalue weighted by Crippen LogP contribution is -1.96. The number of hydrogen-bond acceptors (Lipinski definition) is 4. The highest BCUT2D eigenvalue weighted by molar-refractivity contribution is 5.88. The van der Waals surface area contributed by atoms with E-state index in [4.69, 9.17) is 10.4 Å². The molecule has 0 aliphatic rings. The second kappa shape index (κ2) is 4.62. The maximum Gasteiger partial charge on any atom is 0.335 e. The van der Waals surface area contributed by atoms with Gasteiger partial charge in [-0.05, 0) is 24.3 Å². The summed E-state index contributed by atoms with van der Waals surface area (Å²) in [6.07, 6.45) is 1.05. The number of aromatic carboxylic acids is 1. The van der Waals surface area contributed by atoms with Gasteiger partial charge >= 0.3 is 5.97 Å². The highest BCUT2D eigenvalue weighted by Crippen LogP contribution is 2.08. The van der Waals surface area contributed by atoms with Crippen molar-refractivity contribution in [2.75, 3.05) is 5.43 Å². The normalized spacial score (nSPS) is 9.64. The minimum Gasteiger partial charge on any atom is -0.478 e. The molecule has 1 rings (SSSR count). The number of hydrazone groups is 1. The summed E-state index contributed by atoms with van der Waals surface area (Å²) in [5, 5.41) is 20.3. The first-order chi connectivity index (χ1) is 6.74. The maximum absolute atomic E-state index is 10.5. The van der Waals surface area contributed by atoms with Crippen LogP contribution in [0.3, 0.4) is 0 Å². The summed E-state index contributed by atoms with van der Waals surface area (Å²) in [5.41, 5.74) is 3.40. The zero-order valence-corrected chi connectivity index (χ0v) is 7.14. The van der Waals surface area contributed by atoms with Crippen molar-refractivity contribution in [2.24, 2.45) is 5.10 Å². The SMILES string of the molecule is N#C/C=N/Nc1ccc(C(=O)O)cc1. The zero-order valence-electron chi connectivity index (χ0n) is 7.14. The Balaban J connectivity index is 2.70. The van der Waals surface area contributed by atoms with Crippen molar-refractivity contribution in [1.82, 2.24) is 0 Å². The standard InChI is InChI=1S/C9H7N3O2/c10-5-6-11-12-8-3-1-7(2-4-8)9(13)14/h1-4,6,12H,(H,13,14)/b11-6+. The smallest absolute Gasteiger partial charge is 0.335 e. The van der Waals surface area contributed by atoms with Crippen molar-refractivity contribution >= 4 is 17.9 Å². The lowest BCUT2D eigenvalue weighted by atomic mass is 10.2. The van der Waals surface area contributed by atoms with Crippen LogP contribution in [0.1, 0.15) is 10.4 Å². The number of rotatable bonds is 3. The number of nitrogens with one attached hydrogen (secondary N) is 1. The number of carboxylic acids is 1. The summed E-state index contributed by atoms with van der Waals surface area (Å²) in [5.74, 6) is -0.975. The quantitative estimate of drug-likeness (QED) is 0.554. The summed E-state index contributed by atoms with van der Waals surface area (Å²) in [6, 6.07) is 7.76. The van der Waals surface area contributed by atoms with Crippen molar-refractivity contribution in [3.8, 4) is 6.07 Å². The molecule has 0 saturated heterocycles. The Labute approximate surface area is 80.3 Å². The molecule has 1 aromatic rings. The van der Waals surface area contributed by atoms with E-state index in [1.807, 2.05) is 0 Å². The van der Waals surface area contributed by atoms with Gasteiger partial charge < -0.3 is 5.11 Å². The third-order valence-electron chi connectivity index (χ3n) is 1.45. The van der Waals surface area contributed by atoms with E-state index in [9.17, 15) is 4.79 Å². The molecular formula is C9H7N3O2. The fraction of sp³-hybridized carbons (Fsp3) is 0. The van der Waals surface area contributed by atoms with Crippen molar-refractivity contribution in [3.05, 3.63) is 29.8 Å². The molecule has 14 heavy (non-hydrogen) atoms. The van der Waals surface area contributed by atoms with Gasteiger partial charge in [0.25, 0.3) is 0 Å². The van der Waals surface area contributed by atoms with Crippen LogP contribution in [-0.2, 0) is 0 Å². The molecule has 0 atom stereocenters. The van der Waals surface area contributed by atoms with Crippen LogP contribution in [0.2, 0.25) is 0 Å². The number of anilines is 1. The van der Waals surface area contributed by atoms with Gasteiger partial charge in [-0.3, -0.25) is 5.43 Å². The number of nitriles is 1. The molecule has 0 unspecified atom stereocenters. The van der Waals surface area contributed by atoms with Crippen LogP contribution < -0.4 is 5.43 Å². The fourth-order valence-electron chi connectivity index (χ4n) is 0.823. The van der Waals surface area contributed by atoms with E-state index in [1.54, 1.807) is 18.2 Å². The second-order valence-electron chi connectivity index (χ2n) is 2.38. The third-order valence-corrected chi connectivity index (χ3v) is 1.45. The predicted molar refractivity (Wildman–Crippen MR) is 51.1 cm³/mol. The summed E-state index contributed by atoms with van der Waals surface area (Å²) < 4.78 is 0. The van der Waals surface area contributed by atoms with Gasteiger partial charge in [-0.1, -0.05) is 0 Å². The summed E-state index contributed by atoms with van der Waals surface area (Å²) in [4.78, 5) is 10.5. The van der Waals surface area contributed by atoms with Crippen molar-refractivity contribution in [3.63, 3.8) is 0 Å². The number of carboxylic acid groups (broad SMARTS) is 1. The third kappa shape index (κ3) is 2.60. The van der Waals surface area contributed by atoms with E-state index in [0.717, 1.165) is 6.21 Å². The number of benzene rings is 1. The Hall–Kier alpha value is -2.35. The molecule has 0 fully saturated rings. The van der Waals surface area contributed by atoms with E-state index in [2.05, 4.69) is 10.5 Å². The number of nitrogens with zero attached hydrogens (tertiary/aromatic N) is 2. The largest absolute Gasteiger partial charge is 0.478 e. The molecule has 0 heterocycles. The molecule has 5 nitrogen and oxygen atoms in total. The molecule has 1 aromatic carbocycles. The van der Waals surface area contributed by atoms with Gasteiger partial charge in [0.2, 0.25) is 0 Å². The van der Waals surface area contributed by atoms with E-state index in [-0.39, 0.29) is 5.56 Å². The molecule has 0 aliphatic heterocycles. The van der Waals surface area contributed by atoms with Crippen LogP contribution in [0.25, 0.3) is 0 Å². The monoisotopic (exact) mass is 189 g/mol. The van der Waals surface area contributed by atoms with Crippen LogP contribution in [0, 0.1) is 11.3 Å². The first kappa shape index (κ1) is 9.74. The molecule has 70 valence electrons. The lowest BCUT2D eigenvalue weighted by Gasteiger charge is -1.99. The van der Waals surface area contributed by atoms with Gasteiger partial charge in [0.15, 0.2) is 0 Å². The minimum absolute atomic E-state index is 0.208. The Morgan fingerprint density at radius 1 is 1.50 bits per heavy atom. The van der Waals surface area contributed by atoms with Gasteiger partial charge in [-0.15, -0.1) is 0 Å². The summed E-state index contributed by atoms with van der Waals surface area (Å²) in [6.45, 7) is 0. The van der Waals surface area contributed by atoms with Crippen LogP contribution >= 0.6 is 0 Å². The Morgan fingerprint density at radius 2 is 2.14 bits per heavy atom. The molecule has 0 saturated carbocycles. The second-order valence-corrected chi connectivity index (χ2v) is 2.38. The average molecular weight is 189 g/mol. The minimum atomic E-state index is -0.975. The van der Waals surface area contributed by atoms with E-state index in [1.165, 1.54) is 12.1 Å². The van der Waals surface area contributed by atoms with Crippen LogP contribution in [0.15, 0.2) is 29.4 Å². The van der Waals surface area contributed by atoms with Crippen molar-refractivity contribution < 1.29 is 9.90 Å². The Morgan fingerprint density at radius 3 is 2.64 bits per heavy atom. The first-order valence-corrected chi connectivity index (χ1v) is 3.74. The predicted octanol–water partition coefficient (Wildman–Crippen LogP) is 1.31. The number of carbonyl (C=O) groups is 1. The molecule has 0 bridgehead atoms. The van der Waals surface area contributed by atoms with Crippen LogP contribution in [0.5, 0.6) is 0 Å². The Bertz CT molecular complexity index is 390. The van der Waals surface area contributed by atoms with Crippen molar-refractivity contribution in [1.29, 1.82) is 5.26 Å². The molecule has 0 amide bonds. The molecule has 0 radical (unpaired) electrons. The maximum atomic E-state index is 10.5. The highest BCUT2D eigenvalue weighted by Gasteiger charge is 2.00. The fourth-order valence-corrected chi connectivity index (χ4v) is 0.823. The van der Waals surface area contributed by atoms with Gasteiger partial charge in [0, 0.05) is 0 Å². The molecular weight excluding hydrogens is 182 g/mol. The average Bonchev–Trinajstić information content (AvgIpc) is 2.19. The zero-order chi connectivity index (χ0) is 10.4. The summed E-state index contributed by atoms with van der Waals surface area (Å²) >= 11 is 0.